The van der Waals surface area contributed by atoms with Crippen LogP contribution in [-0.4, -0.2) is 29.8 Å². The Morgan fingerprint density at radius 1 is 1.20 bits per heavy atom. The van der Waals surface area contributed by atoms with Gasteiger partial charge in [-0.2, -0.15) is 0 Å². The molecule has 1 heterocycles. The SMILES string of the molecule is Cc1ccc(C)c(C(=O)CN2CCC3CCCCC32)c1. The normalized spacial score (nSPS) is 26.5. The van der Waals surface area contributed by atoms with Gasteiger partial charge in [-0.1, -0.05) is 30.5 Å². The number of nitrogens with zero attached hydrogens (tertiary/aromatic N) is 1. The number of benzene rings is 1. The van der Waals surface area contributed by atoms with Crippen molar-refractivity contribution in [3.63, 3.8) is 0 Å². The Morgan fingerprint density at radius 2 is 2.00 bits per heavy atom. The predicted octanol–water partition coefficient (Wildman–Crippen LogP) is 3.75. The molecule has 1 aromatic carbocycles. The number of likely N-dealkylation sites (tertiary alicyclic amines) is 1. The van der Waals surface area contributed by atoms with E-state index in [2.05, 4.69) is 24.0 Å². The largest absolute Gasteiger partial charge is 0.293 e. The van der Waals surface area contributed by atoms with Crippen LogP contribution in [0.4, 0.5) is 0 Å². The Balaban J connectivity index is 1.71. The zero-order chi connectivity index (χ0) is 14.1. The third-order valence-electron chi connectivity index (χ3n) is 5.17. The molecule has 20 heavy (non-hydrogen) atoms. The van der Waals surface area contributed by atoms with Crippen molar-refractivity contribution in [1.29, 1.82) is 0 Å². The van der Waals surface area contributed by atoms with Crippen LogP contribution in [-0.2, 0) is 0 Å². The van der Waals surface area contributed by atoms with Gasteiger partial charge in [0, 0.05) is 11.6 Å². The van der Waals surface area contributed by atoms with E-state index in [0.717, 1.165) is 23.6 Å². The maximum absolute atomic E-state index is 12.6. The first-order valence-electron chi connectivity index (χ1n) is 7.99. The van der Waals surface area contributed by atoms with Crippen molar-refractivity contribution >= 4 is 5.78 Å². The zero-order valence-corrected chi connectivity index (χ0v) is 12.7. The molecule has 3 rings (SSSR count). The summed E-state index contributed by atoms with van der Waals surface area (Å²) in [6.07, 6.45) is 6.70. The Labute approximate surface area is 122 Å². The lowest BCUT2D eigenvalue weighted by Crippen LogP contribution is -2.38. The summed E-state index contributed by atoms with van der Waals surface area (Å²) in [6, 6.07) is 6.87. The number of ketones is 1. The minimum atomic E-state index is 0.303. The number of rotatable bonds is 3. The van der Waals surface area contributed by atoms with Gasteiger partial charge >= 0.3 is 0 Å². The summed E-state index contributed by atoms with van der Waals surface area (Å²) in [5.41, 5.74) is 3.21. The van der Waals surface area contributed by atoms with Crippen LogP contribution in [0.25, 0.3) is 0 Å². The molecule has 2 atom stereocenters. The van der Waals surface area contributed by atoms with Crippen molar-refractivity contribution < 1.29 is 4.79 Å². The average molecular weight is 271 g/mol. The topological polar surface area (TPSA) is 20.3 Å². The van der Waals surface area contributed by atoms with Crippen molar-refractivity contribution in [2.24, 2.45) is 5.92 Å². The van der Waals surface area contributed by atoms with Crippen molar-refractivity contribution in [1.82, 2.24) is 4.90 Å². The van der Waals surface area contributed by atoms with Gasteiger partial charge in [-0.15, -0.1) is 0 Å². The maximum Gasteiger partial charge on any atom is 0.177 e. The van der Waals surface area contributed by atoms with Gasteiger partial charge in [0.05, 0.1) is 6.54 Å². The lowest BCUT2D eigenvalue weighted by Gasteiger charge is -2.31. The molecular weight excluding hydrogens is 246 g/mol. The first-order chi connectivity index (χ1) is 9.65. The molecule has 0 radical (unpaired) electrons. The quantitative estimate of drug-likeness (QED) is 0.780. The maximum atomic E-state index is 12.6. The molecule has 2 unspecified atom stereocenters. The molecule has 1 saturated carbocycles. The van der Waals surface area contributed by atoms with Crippen molar-refractivity contribution in [2.45, 2.75) is 52.0 Å². The molecule has 2 fully saturated rings. The number of aryl methyl sites for hydroxylation is 2. The third-order valence-corrected chi connectivity index (χ3v) is 5.17. The van der Waals surface area contributed by atoms with Crippen LogP contribution in [0.3, 0.4) is 0 Å². The number of Topliss-reactive ketones (excluding diaryl/α,β-unsaturated/α-hetero) is 1. The number of hydrogen-bond donors (Lipinski definition) is 0. The summed E-state index contributed by atoms with van der Waals surface area (Å²) in [7, 11) is 0. The van der Waals surface area contributed by atoms with E-state index in [1.165, 1.54) is 37.7 Å². The van der Waals surface area contributed by atoms with Crippen molar-refractivity contribution in [3.05, 3.63) is 34.9 Å². The van der Waals surface area contributed by atoms with E-state index in [0.29, 0.717) is 18.4 Å². The first-order valence-corrected chi connectivity index (χ1v) is 7.99. The summed E-state index contributed by atoms with van der Waals surface area (Å²) in [4.78, 5) is 15.1. The molecule has 1 saturated heterocycles. The van der Waals surface area contributed by atoms with E-state index in [-0.39, 0.29) is 0 Å². The number of fused-ring (bicyclic) bond motifs is 1. The lowest BCUT2D eigenvalue weighted by atomic mass is 9.85. The Bertz CT molecular complexity index is 508. The minimum absolute atomic E-state index is 0.303. The number of hydrogen-bond acceptors (Lipinski definition) is 2. The molecule has 1 aliphatic heterocycles. The summed E-state index contributed by atoms with van der Waals surface area (Å²) in [5.74, 6) is 1.16. The van der Waals surface area contributed by atoms with Crippen LogP contribution in [0.5, 0.6) is 0 Å². The van der Waals surface area contributed by atoms with E-state index < -0.39 is 0 Å². The number of carbonyl (C=O) groups excluding carboxylic acids is 1. The van der Waals surface area contributed by atoms with E-state index >= 15 is 0 Å². The fraction of sp³-hybridized carbons (Fsp3) is 0.611. The lowest BCUT2D eigenvalue weighted by molar-refractivity contribution is 0.0895. The van der Waals surface area contributed by atoms with Gasteiger partial charge in [0.15, 0.2) is 5.78 Å². The van der Waals surface area contributed by atoms with Gasteiger partial charge < -0.3 is 0 Å². The van der Waals surface area contributed by atoms with Crippen molar-refractivity contribution in [2.75, 3.05) is 13.1 Å². The van der Waals surface area contributed by atoms with Crippen LogP contribution >= 0.6 is 0 Å². The molecule has 0 aromatic heterocycles. The molecule has 0 amide bonds. The van der Waals surface area contributed by atoms with E-state index in [9.17, 15) is 4.79 Å². The molecular formula is C18H25NO. The van der Waals surface area contributed by atoms with Crippen molar-refractivity contribution in [3.8, 4) is 0 Å². The molecule has 1 aliphatic carbocycles. The Kier molecular flexibility index (Phi) is 3.93. The highest BCUT2D eigenvalue weighted by molar-refractivity contribution is 5.99. The molecule has 2 nitrogen and oxygen atoms in total. The number of carbonyl (C=O) groups is 1. The Hall–Kier alpha value is -1.15. The summed E-state index contributed by atoms with van der Waals surface area (Å²) in [6.45, 7) is 5.83. The third kappa shape index (κ3) is 2.67. The fourth-order valence-electron chi connectivity index (χ4n) is 4.01. The Morgan fingerprint density at radius 3 is 2.85 bits per heavy atom. The highest BCUT2D eigenvalue weighted by Gasteiger charge is 2.36. The monoisotopic (exact) mass is 271 g/mol. The molecule has 108 valence electrons. The van der Waals surface area contributed by atoms with Gasteiger partial charge in [0.2, 0.25) is 0 Å². The van der Waals surface area contributed by atoms with Crippen LogP contribution in [0.1, 0.15) is 53.6 Å². The molecule has 0 spiro atoms. The smallest absolute Gasteiger partial charge is 0.177 e. The van der Waals surface area contributed by atoms with Gasteiger partial charge in [-0.25, -0.2) is 0 Å². The second-order valence-electron chi connectivity index (χ2n) is 6.61. The standard InChI is InChI=1S/C18H25NO/c1-13-7-8-14(2)16(11-13)18(20)12-19-10-9-15-5-3-4-6-17(15)19/h7-8,11,15,17H,3-6,9-10,12H2,1-2H3. The first kappa shape index (κ1) is 13.8. The zero-order valence-electron chi connectivity index (χ0n) is 12.7. The molecule has 2 heteroatoms. The molecule has 0 N–H and O–H groups in total. The predicted molar refractivity (Wildman–Crippen MR) is 82.2 cm³/mol. The highest BCUT2D eigenvalue weighted by Crippen LogP contribution is 2.36. The molecule has 0 bridgehead atoms. The van der Waals surface area contributed by atoms with Crippen LogP contribution in [0, 0.1) is 19.8 Å². The van der Waals surface area contributed by atoms with Crippen LogP contribution in [0.15, 0.2) is 18.2 Å². The molecule has 1 aromatic rings. The van der Waals surface area contributed by atoms with Gasteiger partial charge in [-0.05, 0) is 57.2 Å². The minimum Gasteiger partial charge on any atom is -0.293 e. The second-order valence-corrected chi connectivity index (χ2v) is 6.61. The van der Waals surface area contributed by atoms with Gasteiger partial charge in [0.25, 0.3) is 0 Å². The second kappa shape index (κ2) is 5.69. The molecule has 2 aliphatic rings. The highest BCUT2D eigenvalue weighted by atomic mass is 16.1. The van der Waals surface area contributed by atoms with Gasteiger partial charge in [-0.3, -0.25) is 9.69 Å². The van der Waals surface area contributed by atoms with Crippen LogP contribution in [0.2, 0.25) is 0 Å². The van der Waals surface area contributed by atoms with E-state index in [4.69, 9.17) is 0 Å². The van der Waals surface area contributed by atoms with Crippen LogP contribution < -0.4 is 0 Å². The summed E-state index contributed by atoms with van der Waals surface area (Å²) in [5, 5.41) is 0. The average Bonchev–Trinajstić information content (AvgIpc) is 2.85. The van der Waals surface area contributed by atoms with E-state index in [1.807, 2.05) is 13.0 Å². The van der Waals surface area contributed by atoms with Gasteiger partial charge in [0.1, 0.15) is 0 Å². The summed E-state index contributed by atoms with van der Waals surface area (Å²) >= 11 is 0. The van der Waals surface area contributed by atoms with E-state index in [1.54, 1.807) is 0 Å². The summed E-state index contributed by atoms with van der Waals surface area (Å²) < 4.78 is 0. The fourth-order valence-corrected chi connectivity index (χ4v) is 4.01.